The summed E-state index contributed by atoms with van der Waals surface area (Å²) in [6.45, 7) is 0. The molecular formula is C9F16O2. The maximum Gasteiger partial charge on any atom is 0.527 e. The van der Waals surface area contributed by atoms with Crippen LogP contribution in [0.4, 0.5) is 70.2 Å². The highest BCUT2D eigenvalue weighted by Gasteiger charge is 3.10. The molecule has 3 unspecified atom stereocenters. The molecule has 1 heterocycles. The average molecular weight is 444 g/mol. The minimum absolute atomic E-state index is 1.67. The molecule has 1 aliphatic heterocycles. The molecule has 27 heavy (non-hydrogen) atoms. The van der Waals surface area contributed by atoms with E-state index < -0.39 is 53.5 Å². The molecule has 0 aromatic rings. The van der Waals surface area contributed by atoms with Crippen LogP contribution in [0.5, 0.6) is 0 Å². The summed E-state index contributed by atoms with van der Waals surface area (Å²) in [5.41, 5.74) is -7.79. The molecule has 0 N–H and O–H groups in total. The zero-order chi connectivity index (χ0) is 21.9. The van der Waals surface area contributed by atoms with Gasteiger partial charge >= 0.3 is 53.5 Å². The summed E-state index contributed by atoms with van der Waals surface area (Å²) in [4.78, 5) is 0. The van der Waals surface area contributed by atoms with Crippen LogP contribution >= 0.6 is 0 Å². The van der Waals surface area contributed by atoms with Gasteiger partial charge in [-0.1, -0.05) is 0 Å². The molecule has 0 aromatic heterocycles. The smallest absolute Gasteiger partial charge is 0.272 e. The van der Waals surface area contributed by atoms with E-state index in [4.69, 9.17) is 0 Å². The van der Waals surface area contributed by atoms with E-state index in [1.807, 2.05) is 4.74 Å². The molecular weight excluding hydrogens is 444 g/mol. The van der Waals surface area contributed by atoms with Gasteiger partial charge in [0.15, 0.2) is 0 Å². The minimum atomic E-state index is -7.94. The summed E-state index contributed by atoms with van der Waals surface area (Å²) in [7, 11) is 0. The maximum atomic E-state index is 14.1. The van der Waals surface area contributed by atoms with Crippen molar-refractivity contribution < 1.29 is 79.7 Å². The van der Waals surface area contributed by atoms with E-state index in [1.165, 1.54) is 0 Å². The molecule has 0 bridgehead atoms. The van der Waals surface area contributed by atoms with Gasteiger partial charge in [0.1, 0.15) is 0 Å². The van der Waals surface area contributed by atoms with Crippen LogP contribution in [0, 0.1) is 0 Å². The molecule has 0 aromatic carbocycles. The first kappa shape index (κ1) is 22.1. The van der Waals surface area contributed by atoms with Crippen LogP contribution < -0.4 is 0 Å². The molecule has 1 aliphatic carbocycles. The molecule has 2 rings (SSSR count). The van der Waals surface area contributed by atoms with Gasteiger partial charge in [0, 0.05) is 0 Å². The Balaban J connectivity index is 2.93. The molecule has 2 aliphatic rings. The Kier molecular flexibility index (Phi) is 3.83. The quantitative estimate of drug-likeness (QED) is 0.545. The van der Waals surface area contributed by atoms with Crippen molar-refractivity contribution in [3.63, 3.8) is 0 Å². The number of alkyl halides is 16. The Hall–Kier alpha value is -1.20. The summed E-state index contributed by atoms with van der Waals surface area (Å²) < 4.78 is 214. The summed E-state index contributed by atoms with van der Waals surface area (Å²) in [6.07, 6.45) is -6.83. The Morgan fingerprint density at radius 2 is 0.889 bits per heavy atom. The highest BCUT2D eigenvalue weighted by atomic mass is 19.4. The number of fused-ring (bicyclic) bond motifs is 1. The highest BCUT2D eigenvalue weighted by molar-refractivity contribution is 5.34. The largest absolute Gasteiger partial charge is 0.527 e. The van der Waals surface area contributed by atoms with Crippen molar-refractivity contribution in [2.24, 2.45) is 0 Å². The topological polar surface area (TPSA) is 18.5 Å². The predicted octanol–water partition coefficient (Wildman–Crippen LogP) is 4.74. The van der Waals surface area contributed by atoms with Gasteiger partial charge in [0.05, 0.1) is 0 Å². The van der Waals surface area contributed by atoms with E-state index in [2.05, 4.69) is 0 Å². The first-order valence-corrected chi connectivity index (χ1v) is 5.84. The van der Waals surface area contributed by atoms with E-state index in [1.54, 1.807) is 4.74 Å². The minimum Gasteiger partial charge on any atom is -0.272 e. The van der Waals surface area contributed by atoms with Crippen molar-refractivity contribution in [3.05, 3.63) is 0 Å². The van der Waals surface area contributed by atoms with Gasteiger partial charge in [-0.05, 0) is 0 Å². The summed E-state index contributed by atoms with van der Waals surface area (Å²) >= 11 is 0. The summed E-state index contributed by atoms with van der Waals surface area (Å²) in [5.74, 6) is -46.4. The number of rotatable bonds is 1. The Morgan fingerprint density at radius 1 is 0.519 bits per heavy atom. The normalized spacial score (nSPS) is 44.0. The van der Waals surface area contributed by atoms with Crippen molar-refractivity contribution in [1.82, 2.24) is 0 Å². The number of halogens is 16. The van der Waals surface area contributed by atoms with Crippen molar-refractivity contribution in [2.75, 3.05) is 0 Å². The van der Waals surface area contributed by atoms with Gasteiger partial charge in [0.2, 0.25) is 0 Å². The highest BCUT2D eigenvalue weighted by Crippen LogP contribution is 2.77. The SMILES string of the molecule is FC(F)(F)OC1(F)OC2(F)C(F)(F)C(F)(F)C(F)(F)C(F)(F)C2(F)C1(F)F. The van der Waals surface area contributed by atoms with E-state index in [-0.39, 0.29) is 0 Å². The monoisotopic (exact) mass is 444 g/mol. The molecule has 0 spiro atoms. The molecule has 1 saturated heterocycles. The molecule has 160 valence electrons. The van der Waals surface area contributed by atoms with Gasteiger partial charge in [-0.15, -0.1) is 13.2 Å². The third kappa shape index (κ3) is 1.88. The lowest BCUT2D eigenvalue weighted by Gasteiger charge is -2.52. The van der Waals surface area contributed by atoms with Crippen molar-refractivity contribution in [3.8, 4) is 0 Å². The molecule has 18 heteroatoms. The lowest BCUT2D eigenvalue weighted by molar-refractivity contribution is -0.514. The second-order valence-electron chi connectivity index (χ2n) is 5.31. The van der Waals surface area contributed by atoms with Crippen LogP contribution in [0.25, 0.3) is 0 Å². The molecule has 2 fully saturated rings. The van der Waals surface area contributed by atoms with Crippen LogP contribution in [0.3, 0.4) is 0 Å². The summed E-state index contributed by atoms with van der Waals surface area (Å²) in [5, 5.41) is 0. The van der Waals surface area contributed by atoms with E-state index >= 15 is 0 Å². The van der Waals surface area contributed by atoms with Crippen LogP contribution in [0.15, 0.2) is 0 Å². The fourth-order valence-corrected chi connectivity index (χ4v) is 2.45. The lowest BCUT2D eigenvalue weighted by atomic mass is 9.69. The first-order chi connectivity index (χ1) is 11.4. The van der Waals surface area contributed by atoms with Gasteiger partial charge in [-0.2, -0.15) is 48.3 Å². The van der Waals surface area contributed by atoms with Gasteiger partial charge < -0.3 is 0 Å². The summed E-state index contributed by atoms with van der Waals surface area (Å²) in [6, 6.07) is -7.00. The van der Waals surface area contributed by atoms with Crippen molar-refractivity contribution >= 4 is 0 Å². The number of hydrogen-bond donors (Lipinski definition) is 0. The molecule has 2 nitrogen and oxygen atoms in total. The van der Waals surface area contributed by atoms with Crippen molar-refractivity contribution in [1.29, 1.82) is 0 Å². The van der Waals surface area contributed by atoms with Crippen molar-refractivity contribution in [2.45, 2.75) is 53.5 Å². The zero-order valence-corrected chi connectivity index (χ0v) is 11.4. The van der Waals surface area contributed by atoms with Crippen LogP contribution in [-0.2, 0) is 9.47 Å². The van der Waals surface area contributed by atoms with Gasteiger partial charge in [0.25, 0.3) is 0 Å². The fraction of sp³-hybridized carbons (Fsp3) is 1.00. The third-order valence-electron chi connectivity index (χ3n) is 3.79. The van der Waals surface area contributed by atoms with Crippen LogP contribution in [-0.4, -0.2) is 53.5 Å². The predicted molar refractivity (Wildman–Crippen MR) is 44.5 cm³/mol. The zero-order valence-electron chi connectivity index (χ0n) is 11.4. The molecule has 1 saturated carbocycles. The standard InChI is InChI=1S/C9F16O2/c10-1-2(11,12)4(15,16)5(17,18)6(19,20)7(1,21)26-8(22,3(1,13)14)27-9(23,24)25. The lowest BCUT2D eigenvalue weighted by Crippen LogP contribution is -2.86. The number of ether oxygens (including phenoxy) is 2. The third-order valence-corrected chi connectivity index (χ3v) is 3.79. The second kappa shape index (κ2) is 4.68. The van der Waals surface area contributed by atoms with Gasteiger partial charge in [-0.25, -0.2) is 13.5 Å². The van der Waals surface area contributed by atoms with Gasteiger partial charge in [-0.3, -0.25) is 4.74 Å². The Labute approximate surface area is 135 Å². The molecule has 3 atom stereocenters. The average Bonchev–Trinajstić information content (AvgIpc) is 2.52. The second-order valence-corrected chi connectivity index (χ2v) is 5.31. The maximum absolute atomic E-state index is 14.1. The van der Waals surface area contributed by atoms with E-state index in [0.29, 0.717) is 0 Å². The van der Waals surface area contributed by atoms with E-state index in [0.717, 1.165) is 0 Å². The first-order valence-electron chi connectivity index (χ1n) is 5.84. The molecule has 0 amide bonds. The van der Waals surface area contributed by atoms with Crippen LogP contribution in [0.1, 0.15) is 0 Å². The van der Waals surface area contributed by atoms with Crippen LogP contribution in [0.2, 0.25) is 0 Å². The fourth-order valence-electron chi connectivity index (χ4n) is 2.45. The van der Waals surface area contributed by atoms with E-state index in [9.17, 15) is 70.2 Å². The number of hydrogen-bond acceptors (Lipinski definition) is 2. The Morgan fingerprint density at radius 3 is 1.26 bits per heavy atom. The molecule has 0 radical (unpaired) electrons. The Bertz CT molecular complexity index is 655.